The molecule has 5 rings (SSSR count). The fourth-order valence-electron chi connectivity index (χ4n) is 3.89. The van der Waals surface area contributed by atoms with E-state index in [1.807, 2.05) is 30.3 Å². The molecule has 0 bridgehead atoms. The van der Waals surface area contributed by atoms with Gasteiger partial charge in [-0.05, 0) is 66.2 Å². The van der Waals surface area contributed by atoms with Crippen LogP contribution in [0.4, 0.5) is 5.69 Å². The van der Waals surface area contributed by atoms with Crippen LogP contribution in [0.15, 0.2) is 101 Å². The molecule has 7 heteroatoms. The number of amides is 1. The van der Waals surface area contributed by atoms with E-state index in [4.69, 9.17) is 27.6 Å². The molecule has 0 unspecified atom stereocenters. The lowest BCUT2D eigenvalue weighted by Crippen LogP contribution is -2.25. The Kier molecular flexibility index (Phi) is 6.03. The van der Waals surface area contributed by atoms with Gasteiger partial charge in [0.1, 0.15) is 11.5 Å². The van der Waals surface area contributed by atoms with Gasteiger partial charge in [0.2, 0.25) is 0 Å². The van der Waals surface area contributed by atoms with Gasteiger partial charge in [-0.25, -0.2) is 4.79 Å². The summed E-state index contributed by atoms with van der Waals surface area (Å²) in [7, 11) is 0. The third-order valence-electron chi connectivity index (χ3n) is 5.52. The maximum Gasteiger partial charge on any atom is 0.335 e. The standard InChI is InChI=1S/C28H17Cl2NO4/c29-20-9-11-24(30)23(16-20)26-12-10-22(35-26)14-19-15-25(17-5-2-1-3-6-17)31(27(19)32)21-8-4-7-18(13-21)28(33)34/h1-16H,(H,33,34). The molecule has 4 aromatic rings. The number of nitrogens with zero attached hydrogens (tertiary/aromatic N) is 1. The van der Waals surface area contributed by atoms with Crippen molar-refractivity contribution in [1.82, 2.24) is 0 Å². The molecule has 0 radical (unpaired) electrons. The molecule has 0 fully saturated rings. The second kappa shape index (κ2) is 9.29. The predicted molar refractivity (Wildman–Crippen MR) is 137 cm³/mol. The number of hydrogen-bond acceptors (Lipinski definition) is 3. The van der Waals surface area contributed by atoms with Gasteiger partial charge in [0, 0.05) is 16.2 Å². The zero-order valence-electron chi connectivity index (χ0n) is 18.1. The SMILES string of the molecule is O=C(O)c1cccc(N2C(=O)C(=Cc3ccc(-c4cc(Cl)ccc4Cl)o3)C=C2c2ccccc2)c1. The maximum atomic E-state index is 13.5. The van der Waals surface area contributed by atoms with Crippen molar-refractivity contribution in [3.05, 3.63) is 124 Å². The Morgan fingerprint density at radius 3 is 2.49 bits per heavy atom. The van der Waals surface area contributed by atoms with Crippen LogP contribution >= 0.6 is 23.2 Å². The minimum Gasteiger partial charge on any atom is -0.478 e. The number of anilines is 1. The molecule has 0 saturated carbocycles. The van der Waals surface area contributed by atoms with Crippen LogP contribution in [0.3, 0.4) is 0 Å². The van der Waals surface area contributed by atoms with Crippen LogP contribution in [0.5, 0.6) is 0 Å². The van der Waals surface area contributed by atoms with Crippen LogP contribution in [0.2, 0.25) is 10.0 Å². The number of benzene rings is 3. The van der Waals surface area contributed by atoms with E-state index in [2.05, 4.69) is 0 Å². The van der Waals surface area contributed by atoms with E-state index in [9.17, 15) is 14.7 Å². The van der Waals surface area contributed by atoms with Crippen molar-refractivity contribution in [1.29, 1.82) is 0 Å². The van der Waals surface area contributed by atoms with Crippen molar-refractivity contribution < 1.29 is 19.1 Å². The quantitative estimate of drug-likeness (QED) is 0.288. The maximum absolute atomic E-state index is 13.5. The highest BCUT2D eigenvalue weighted by Crippen LogP contribution is 2.37. The molecule has 2 heterocycles. The summed E-state index contributed by atoms with van der Waals surface area (Å²) in [5.74, 6) is -0.385. The molecule has 1 N–H and O–H groups in total. The molecule has 5 nitrogen and oxygen atoms in total. The summed E-state index contributed by atoms with van der Waals surface area (Å²) in [5.41, 5.74) is 3.04. The molecule has 1 amide bonds. The van der Waals surface area contributed by atoms with Gasteiger partial charge < -0.3 is 9.52 Å². The van der Waals surface area contributed by atoms with Crippen LogP contribution in [-0.2, 0) is 4.79 Å². The average molecular weight is 502 g/mol. The molecule has 0 saturated heterocycles. The van der Waals surface area contributed by atoms with Crippen molar-refractivity contribution in [3.8, 4) is 11.3 Å². The van der Waals surface area contributed by atoms with Gasteiger partial charge >= 0.3 is 5.97 Å². The highest BCUT2D eigenvalue weighted by molar-refractivity contribution is 6.35. The van der Waals surface area contributed by atoms with Gasteiger partial charge in [-0.1, -0.05) is 59.6 Å². The van der Waals surface area contributed by atoms with Crippen molar-refractivity contribution in [2.45, 2.75) is 0 Å². The third kappa shape index (κ3) is 4.52. The van der Waals surface area contributed by atoms with Gasteiger partial charge in [-0.15, -0.1) is 0 Å². The number of carboxylic acids is 1. The number of hydrogen-bond donors (Lipinski definition) is 1. The van der Waals surface area contributed by atoms with Gasteiger partial charge in [0.25, 0.3) is 5.91 Å². The van der Waals surface area contributed by atoms with Gasteiger partial charge in [-0.2, -0.15) is 0 Å². The highest BCUT2D eigenvalue weighted by atomic mass is 35.5. The minimum atomic E-state index is -1.07. The Morgan fingerprint density at radius 1 is 0.914 bits per heavy atom. The average Bonchev–Trinajstić information content (AvgIpc) is 3.46. The van der Waals surface area contributed by atoms with E-state index < -0.39 is 5.97 Å². The summed E-state index contributed by atoms with van der Waals surface area (Å²) in [6.45, 7) is 0. The normalized spacial score (nSPS) is 14.5. The van der Waals surface area contributed by atoms with Crippen LogP contribution in [-0.4, -0.2) is 17.0 Å². The number of furan rings is 1. The first-order valence-corrected chi connectivity index (χ1v) is 11.4. The van der Waals surface area contributed by atoms with Gasteiger partial charge in [-0.3, -0.25) is 9.69 Å². The zero-order valence-corrected chi connectivity index (χ0v) is 19.6. The monoisotopic (exact) mass is 501 g/mol. The number of carboxylic acid groups (broad SMARTS) is 1. The summed E-state index contributed by atoms with van der Waals surface area (Å²) in [5, 5.41) is 10.4. The Hall–Kier alpha value is -4.06. The van der Waals surface area contributed by atoms with Crippen LogP contribution in [0.25, 0.3) is 23.1 Å². The number of rotatable bonds is 5. The Balaban J connectivity index is 1.56. The Morgan fingerprint density at radius 2 is 1.71 bits per heavy atom. The lowest BCUT2D eigenvalue weighted by molar-refractivity contribution is -0.113. The van der Waals surface area contributed by atoms with Gasteiger partial charge in [0.15, 0.2) is 0 Å². The van der Waals surface area contributed by atoms with Crippen LogP contribution in [0.1, 0.15) is 21.7 Å². The second-order valence-corrected chi connectivity index (χ2v) is 8.66. The first kappa shape index (κ1) is 22.7. The molecule has 1 aromatic heterocycles. The van der Waals surface area contributed by atoms with E-state index in [0.29, 0.717) is 44.1 Å². The lowest BCUT2D eigenvalue weighted by Gasteiger charge is -2.21. The summed E-state index contributed by atoms with van der Waals surface area (Å²) < 4.78 is 5.95. The highest BCUT2D eigenvalue weighted by Gasteiger charge is 2.31. The molecule has 3 aromatic carbocycles. The molecule has 35 heavy (non-hydrogen) atoms. The second-order valence-electron chi connectivity index (χ2n) is 7.82. The molecular formula is C28H17Cl2NO4. The van der Waals surface area contributed by atoms with E-state index in [0.717, 1.165) is 5.56 Å². The van der Waals surface area contributed by atoms with Crippen molar-refractivity contribution in [3.63, 3.8) is 0 Å². The summed E-state index contributed by atoms with van der Waals surface area (Å²) in [6.07, 6.45) is 3.41. The van der Waals surface area contributed by atoms with Crippen molar-refractivity contribution >= 4 is 52.5 Å². The molecule has 1 aliphatic rings. The minimum absolute atomic E-state index is 0.0919. The van der Waals surface area contributed by atoms with E-state index in [1.165, 1.54) is 17.0 Å². The smallest absolute Gasteiger partial charge is 0.335 e. The number of carbonyl (C=O) groups is 2. The predicted octanol–water partition coefficient (Wildman–Crippen LogP) is 7.42. The van der Waals surface area contributed by atoms with E-state index in [-0.39, 0.29) is 11.5 Å². The fourth-order valence-corrected chi connectivity index (χ4v) is 4.27. The molecular weight excluding hydrogens is 485 g/mol. The summed E-state index contributed by atoms with van der Waals surface area (Å²) in [4.78, 5) is 26.5. The first-order valence-electron chi connectivity index (χ1n) is 10.6. The lowest BCUT2D eigenvalue weighted by atomic mass is 10.1. The van der Waals surface area contributed by atoms with Gasteiger partial charge in [0.05, 0.1) is 22.0 Å². The number of aromatic carboxylic acids is 1. The van der Waals surface area contributed by atoms with E-state index in [1.54, 1.807) is 54.6 Å². The molecule has 0 atom stereocenters. The van der Waals surface area contributed by atoms with Crippen molar-refractivity contribution in [2.75, 3.05) is 4.90 Å². The first-order chi connectivity index (χ1) is 16.9. The largest absolute Gasteiger partial charge is 0.478 e. The zero-order chi connectivity index (χ0) is 24.5. The topological polar surface area (TPSA) is 70.8 Å². The Labute approximate surface area is 211 Å². The fraction of sp³-hybridized carbons (Fsp3) is 0. The van der Waals surface area contributed by atoms with Crippen LogP contribution < -0.4 is 4.90 Å². The van der Waals surface area contributed by atoms with E-state index >= 15 is 0 Å². The molecule has 172 valence electrons. The summed E-state index contributed by atoms with van der Waals surface area (Å²) >= 11 is 12.4. The molecule has 0 aliphatic carbocycles. The summed E-state index contributed by atoms with van der Waals surface area (Å²) in [6, 6.07) is 24.3. The molecule has 1 aliphatic heterocycles. The van der Waals surface area contributed by atoms with Crippen LogP contribution in [0, 0.1) is 0 Å². The third-order valence-corrected chi connectivity index (χ3v) is 6.09. The molecule has 0 spiro atoms. The number of halogens is 2. The van der Waals surface area contributed by atoms with Crippen molar-refractivity contribution in [2.24, 2.45) is 0 Å². The number of carbonyl (C=O) groups excluding carboxylic acids is 1. The Bertz CT molecular complexity index is 1520.